The van der Waals surface area contributed by atoms with Gasteiger partial charge in [-0.1, -0.05) is 5.92 Å². The monoisotopic (exact) mass is 245 g/mol. The van der Waals surface area contributed by atoms with Gasteiger partial charge in [0.05, 0.1) is 25.2 Å². The number of esters is 1. The highest BCUT2D eigenvalue weighted by Crippen LogP contribution is 2.24. The highest BCUT2D eigenvalue weighted by Gasteiger charge is 2.45. The summed E-state index contributed by atoms with van der Waals surface area (Å²) in [7, 11) is -1.97. The molecule has 0 aromatic heterocycles. The summed E-state index contributed by atoms with van der Waals surface area (Å²) in [6, 6.07) is 0. The quantitative estimate of drug-likeness (QED) is 0.527. The van der Waals surface area contributed by atoms with Gasteiger partial charge in [0.15, 0.2) is 9.84 Å². The van der Waals surface area contributed by atoms with Crippen molar-refractivity contribution in [2.24, 2.45) is 0 Å². The van der Waals surface area contributed by atoms with Gasteiger partial charge in [-0.05, 0) is 12.8 Å². The lowest BCUT2D eigenvalue weighted by Gasteiger charge is -2.34. The summed E-state index contributed by atoms with van der Waals surface area (Å²) >= 11 is 0. The van der Waals surface area contributed by atoms with Crippen LogP contribution in [0.4, 0.5) is 0 Å². The van der Waals surface area contributed by atoms with Crippen molar-refractivity contribution in [3.05, 3.63) is 0 Å². The van der Waals surface area contributed by atoms with E-state index in [2.05, 4.69) is 16.0 Å². The highest BCUT2D eigenvalue weighted by molar-refractivity contribution is 7.91. The minimum atomic E-state index is -3.21. The molecule has 90 valence electrons. The SMILES string of the molecule is C#CCNC1(C(=O)OC)CCCS(=O)(=O)C1. The van der Waals surface area contributed by atoms with Crippen LogP contribution in [0.1, 0.15) is 12.8 Å². The Morgan fingerprint density at radius 3 is 2.81 bits per heavy atom. The molecule has 1 aliphatic heterocycles. The zero-order valence-electron chi connectivity index (χ0n) is 9.15. The number of terminal acetylenes is 1. The van der Waals surface area contributed by atoms with E-state index in [9.17, 15) is 13.2 Å². The number of methoxy groups -OCH3 is 1. The molecule has 6 heteroatoms. The first-order valence-corrected chi connectivity index (χ1v) is 6.75. The molecule has 0 radical (unpaired) electrons. The van der Waals surface area contributed by atoms with Crippen LogP contribution >= 0.6 is 0 Å². The Morgan fingerprint density at radius 1 is 1.62 bits per heavy atom. The van der Waals surface area contributed by atoms with Crippen LogP contribution in [0.5, 0.6) is 0 Å². The van der Waals surface area contributed by atoms with Gasteiger partial charge in [-0.15, -0.1) is 6.42 Å². The van der Waals surface area contributed by atoms with E-state index < -0.39 is 21.3 Å². The predicted octanol–water partition coefficient (Wildman–Crippen LogP) is -0.670. The molecule has 1 rings (SSSR count). The molecule has 1 saturated heterocycles. The fourth-order valence-corrected chi connectivity index (χ4v) is 3.75. The number of carbonyl (C=O) groups excluding carboxylic acids is 1. The van der Waals surface area contributed by atoms with E-state index in [1.165, 1.54) is 7.11 Å². The van der Waals surface area contributed by atoms with Gasteiger partial charge < -0.3 is 4.74 Å². The maximum atomic E-state index is 11.7. The second-order valence-corrected chi connectivity index (χ2v) is 6.01. The van der Waals surface area contributed by atoms with Gasteiger partial charge in [-0.2, -0.15) is 0 Å². The summed E-state index contributed by atoms with van der Waals surface area (Å²) in [5.41, 5.74) is -1.17. The Morgan fingerprint density at radius 2 is 2.31 bits per heavy atom. The summed E-state index contributed by atoms with van der Waals surface area (Å²) in [5, 5.41) is 2.80. The predicted molar refractivity (Wildman–Crippen MR) is 59.5 cm³/mol. The second kappa shape index (κ2) is 4.85. The Kier molecular flexibility index (Phi) is 3.94. The lowest BCUT2D eigenvalue weighted by Crippen LogP contribution is -2.59. The molecule has 1 aliphatic rings. The van der Waals surface area contributed by atoms with Crippen LogP contribution in [0, 0.1) is 12.3 Å². The number of nitrogens with one attached hydrogen (secondary N) is 1. The zero-order valence-corrected chi connectivity index (χ0v) is 9.97. The number of sulfone groups is 1. The molecule has 5 nitrogen and oxygen atoms in total. The maximum absolute atomic E-state index is 11.7. The van der Waals surface area contributed by atoms with Gasteiger partial charge in [-0.25, -0.2) is 8.42 Å². The standard InChI is InChI=1S/C10H15NO4S/c1-3-6-11-10(9(12)15-2)5-4-7-16(13,14)8-10/h1,11H,4-8H2,2H3. The van der Waals surface area contributed by atoms with E-state index in [4.69, 9.17) is 6.42 Å². The third kappa shape index (κ3) is 2.74. The van der Waals surface area contributed by atoms with E-state index >= 15 is 0 Å². The van der Waals surface area contributed by atoms with E-state index in [1.807, 2.05) is 0 Å². The molecule has 0 aromatic carbocycles. The molecule has 1 N–H and O–H groups in total. The van der Waals surface area contributed by atoms with Crippen LogP contribution < -0.4 is 5.32 Å². The molecule has 0 amide bonds. The van der Waals surface area contributed by atoms with Crippen LogP contribution in [0.2, 0.25) is 0 Å². The number of ether oxygens (including phenoxy) is 1. The van der Waals surface area contributed by atoms with Gasteiger partial charge >= 0.3 is 5.97 Å². The molecule has 1 unspecified atom stereocenters. The molecule has 16 heavy (non-hydrogen) atoms. The van der Waals surface area contributed by atoms with Crippen molar-refractivity contribution in [1.82, 2.24) is 5.32 Å². The van der Waals surface area contributed by atoms with Crippen LogP contribution in [-0.4, -0.2) is 45.1 Å². The summed E-state index contributed by atoms with van der Waals surface area (Å²) in [6.07, 6.45) is 5.97. The fraction of sp³-hybridized carbons (Fsp3) is 0.700. The van der Waals surface area contributed by atoms with E-state index in [0.29, 0.717) is 12.8 Å². The fourth-order valence-electron chi connectivity index (χ4n) is 1.90. The third-order valence-electron chi connectivity index (χ3n) is 2.63. The first-order valence-electron chi connectivity index (χ1n) is 4.93. The van der Waals surface area contributed by atoms with Crippen molar-refractivity contribution in [2.45, 2.75) is 18.4 Å². The molecule has 0 aliphatic carbocycles. The highest BCUT2D eigenvalue weighted by atomic mass is 32.2. The summed E-state index contributed by atoms with van der Waals surface area (Å²) in [6.45, 7) is 0.143. The van der Waals surface area contributed by atoms with Gasteiger partial charge in [0.25, 0.3) is 0 Å². The molecule has 0 aromatic rings. The molecule has 0 spiro atoms. The molecule has 1 atom stereocenters. The summed E-state index contributed by atoms with van der Waals surface area (Å²) in [5.74, 6) is 1.64. The van der Waals surface area contributed by atoms with Crippen LogP contribution in [-0.2, 0) is 19.4 Å². The number of rotatable bonds is 3. The van der Waals surface area contributed by atoms with Gasteiger partial charge in [0, 0.05) is 0 Å². The minimum Gasteiger partial charge on any atom is -0.468 e. The lowest BCUT2D eigenvalue weighted by atomic mass is 9.95. The average molecular weight is 245 g/mol. The van der Waals surface area contributed by atoms with Crippen molar-refractivity contribution < 1.29 is 17.9 Å². The van der Waals surface area contributed by atoms with Crippen molar-refractivity contribution in [3.63, 3.8) is 0 Å². The van der Waals surface area contributed by atoms with Crippen molar-refractivity contribution in [1.29, 1.82) is 0 Å². The third-order valence-corrected chi connectivity index (χ3v) is 4.47. The Hall–Kier alpha value is -1.06. The molecule has 0 bridgehead atoms. The summed E-state index contributed by atoms with van der Waals surface area (Å²) in [4.78, 5) is 11.7. The Labute approximate surface area is 95.5 Å². The first kappa shape index (κ1) is 13.0. The van der Waals surface area contributed by atoms with Crippen LogP contribution in [0.25, 0.3) is 0 Å². The average Bonchev–Trinajstić information content (AvgIpc) is 2.24. The molecular weight excluding hydrogens is 230 g/mol. The van der Waals surface area contributed by atoms with E-state index in [0.717, 1.165) is 0 Å². The van der Waals surface area contributed by atoms with Crippen LogP contribution in [0.15, 0.2) is 0 Å². The zero-order chi connectivity index (χ0) is 12.2. The lowest BCUT2D eigenvalue weighted by molar-refractivity contribution is -0.148. The van der Waals surface area contributed by atoms with Crippen molar-refractivity contribution in [3.8, 4) is 12.3 Å². The molecule has 0 saturated carbocycles. The largest absolute Gasteiger partial charge is 0.468 e. The second-order valence-electron chi connectivity index (χ2n) is 3.83. The molecular formula is C10H15NO4S. The van der Waals surface area contributed by atoms with E-state index in [-0.39, 0.29) is 18.1 Å². The van der Waals surface area contributed by atoms with Gasteiger partial charge in [-0.3, -0.25) is 10.1 Å². The Balaban J connectivity index is 2.95. The molecule has 1 heterocycles. The normalized spacial score (nSPS) is 28.0. The smallest absolute Gasteiger partial charge is 0.327 e. The first-order chi connectivity index (χ1) is 7.46. The van der Waals surface area contributed by atoms with Gasteiger partial charge in [0.2, 0.25) is 0 Å². The number of hydrogen-bond acceptors (Lipinski definition) is 5. The van der Waals surface area contributed by atoms with Gasteiger partial charge in [0.1, 0.15) is 5.54 Å². The number of carbonyl (C=O) groups is 1. The topological polar surface area (TPSA) is 72.5 Å². The van der Waals surface area contributed by atoms with Crippen molar-refractivity contribution >= 4 is 15.8 Å². The minimum absolute atomic E-state index is 0.115. The summed E-state index contributed by atoms with van der Waals surface area (Å²) < 4.78 is 27.7. The van der Waals surface area contributed by atoms with E-state index in [1.54, 1.807) is 0 Å². The van der Waals surface area contributed by atoms with Crippen molar-refractivity contribution in [2.75, 3.05) is 25.2 Å². The van der Waals surface area contributed by atoms with Crippen LogP contribution in [0.3, 0.4) is 0 Å². The maximum Gasteiger partial charge on any atom is 0.327 e. The molecule has 1 fully saturated rings. The Bertz CT molecular complexity index is 409. The number of hydrogen-bond donors (Lipinski definition) is 1.